The number of fused-ring (bicyclic) bond motifs is 1. The van der Waals surface area contributed by atoms with Crippen molar-refractivity contribution in [3.8, 4) is 11.8 Å². The van der Waals surface area contributed by atoms with Gasteiger partial charge in [-0.1, -0.05) is 11.6 Å². The highest BCUT2D eigenvalue weighted by Crippen LogP contribution is 2.29. The molecule has 0 unspecified atom stereocenters. The van der Waals surface area contributed by atoms with Crippen LogP contribution in [-0.2, 0) is 13.1 Å². The summed E-state index contributed by atoms with van der Waals surface area (Å²) in [5.41, 5.74) is -0.515. The lowest BCUT2D eigenvalue weighted by Crippen LogP contribution is -2.42. The Morgan fingerprint density at radius 3 is 2.67 bits per heavy atom. The fourth-order valence-electron chi connectivity index (χ4n) is 3.98. The van der Waals surface area contributed by atoms with Gasteiger partial charge >= 0.3 is 11.4 Å². The molecule has 202 valence electrons. The van der Waals surface area contributed by atoms with Crippen LogP contribution < -0.4 is 16.7 Å². The topological polar surface area (TPSA) is 136 Å². The molecule has 0 bridgehead atoms. The van der Waals surface area contributed by atoms with Gasteiger partial charge in [0.15, 0.2) is 5.82 Å². The Hall–Kier alpha value is -5.03. The van der Waals surface area contributed by atoms with Crippen LogP contribution >= 0.6 is 11.6 Å². The molecular formula is C25H17ClF3N9O2. The number of pyridine rings is 2. The number of nitrogens with zero attached hydrogens (tertiary/aromatic N) is 8. The number of hydrogen-bond acceptors (Lipinski definition) is 8. The van der Waals surface area contributed by atoms with Gasteiger partial charge in [-0.25, -0.2) is 27.3 Å². The van der Waals surface area contributed by atoms with Crippen LogP contribution in [0.3, 0.4) is 0 Å². The lowest BCUT2D eigenvalue weighted by Gasteiger charge is -2.16. The number of anilines is 2. The van der Waals surface area contributed by atoms with E-state index in [2.05, 4.69) is 25.4 Å². The molecule has 4 aromatic heterocycles. The Labute approximate surface area is 227 Å². The number of aromatic nitrogens is 7. The summed E-state index contributed by atoms with van der Waals surface area (Å²) in [5, 5.41) is 16.7. The van der Waals surface area contributed by atoms with Crippen molar-refractivity contribution >= 4 is 34.1 Å². The van der Waals surface area contributed by atoms with Gasteiger partial charge < -0.3 is 5.32 Å². The minimum absolute atomic E-state index is 0.106. The first-order valence-corrected chi connectivity index (χ1v) is 11.9. The van der Waals surface area contributed by atoms with Gasteiger partial charge in [-0.05, 0) is 36.8 Å². The van der Waals surface area contributed by atoms with Gasteiger partial charge in [-0.15, -0.1) is 0 Å². The number of rotatable bonds is 7. The zero-order valence-corrected chi connectivity index (χ0v) is 21.3. The largest absolute Gasteiger partial charge is 0.359 e. The minimum Gasteiger partial charge on any atom is -0.324 e. The second-order valence-electron chi connectivity index (χ2n) is 8.67. The van der Waals surface area contributed by atoms with Crippen LogP contribution in [0.1, 0.15) is 16.8 Å². The molecule has 5 rings (SSSR count). The SMILES string of the molecule is Cc1cncc(-n2c(=O)nc(Nc3cc4cn(CC(F)F)nc4cc3Cl)n(Cc3cc(C#N)c(F)cn3)c2=O)c1. The fraction of sp³-hybridized carbons (Fsp3) is 0.160. The van der Waals surface area contributed by atoms with Crippen LogP contribution in [0, 0.1) is 24.1 Å². The number of benzene rings is 1. The predicted molar refractivity (Wildman–Crippen MR) is 139 cm³/mol. The number of hydrogen-bond donors (Lipinski definition) is 1. The van der Waals surface area contributed by atoms with Gasteiger partial charge in [0.1, 0.15) is 12.6 Å². The molecule has 5 aromatic rings. The smallest absolute Gasteiger partial charge is 0.324 e. The highest BCUT2D eigenvalue weighted by molar-refractivity contribution is 6.34. The Balaban J connectivity index is 1.65. The van der Waals surface area contributed by atoms with E-state index < -0.39 is 30.2 Å². The molecule has 0 aliphatic rings. The molecule has 1 N–H and O–H groups in total. The molecule has 0 spiro atoms. The Morgan fingerprint density at radius 2 is 1.95 bits per heavy atom. The molecule has 0 aliphatic heterocycles. The summed E-state index contributed by atoms with van der Waals surface area (Å²) in [6, 6.07) is 7.39. The summed E-state index contributed by atoms with van der Waals surface area (Å²) in [6.45, 7) is 0.809. The van der Waals surface area contributed by atoms with Crippen molar-refractivity contribution in [2.75, 3.05) is 5.32 Å². The molecule has 0 saturated carbocycles. The van der Waals surface area contributed by atoms with Crippen LogP contribution in [0.4, 0.5) is 24.8 Å². The fourth-order valence-corrected chi connectivity index (χ4v) is 4.18. The highest BCUT2D eigenvalue weighted by atomic mass is 35.5. The Morgan fingerprint density at radius 1 is 1.15 bits per heavy atom. The van der Waals surface area contributed by atoms with Crippen molar-refractivity contribution in [2.45, 2.75) is 26.4 Å². The number of nitriles is 1. The average molecular weight is 568 g/mol. The maximum Gasteiger partial charge on any atom is 0.359 e. The van der Waals surface area contributed by atoms with E-state index in [1.165, 1.54) is 30.6 Å². The lowest BCUT2D eigenvalue weighted by atomic mass is 10.2. The molecule has 0 fully saturated rings. The standard InChI is InChI=1S/C25H17ClF3N9O2/c1-13-2-17(8-31-7-13)38-24(39)34-23(37(25(38)40)11-16-3-14(6-30)19(27)9-32-16)33-21-4-15-10-36(12-22(28)29)35-20(15)5-18(21)26/h2-5,7-10,22H,11-12H2,1H3,(H,33,34,39). The summed E-state index contributed by atoms with van der Waals surface area (Å²) >= 11 is 6.41. The van der Waals surface area contributed by atoms with Crippen LogP contribution in [-0.4, -0.2) is 40.3 Å². The van der Waals surface area contributed by atoms with Crippen molar-refractivity contribution in [3.63, 3.8) is 0 Å². The van der Waals surface area contributed by atoms with E-state index in [0.29, 0.717) is 16.5 Å². The van der Waals surface area contributed by atoms with E-state index >= 15 is 0 Å². The predicted octanol–water partition coefficient (Wildman–Crippen LogP) is 3.56. The van der Waals surface area contributed by atoms with Crippen molar-refractivity contribution in [1.82, 2.24) is 33.9 Å². The average Bonchev–Trinajstić information content (AvgIpc) is 3.27. The second kappa shape index (κ2) is 10.6. The number of halogens is 4. The van der Waals surface area contributed by atoms with Gasteiger partial charge in [0, 0.05) is 17.8 Å². The Bertz CT molecular complexity index is 1930. The first-order valence-electron chi connectivity index (χ1n) is 11.5. The third kappa shape index (κ3) is 5.27. The van der Waals surface area contributed by atoms with Crippen LogP contribution in [0.15, 0.2) is 58.6 Å². The third-order valence-corrected chi connectivity index (χ3v) is 6.07. The molecule has 0 atom stereocenters. The molecule has 0 amide bonds. The van der Waals surface area contributed by atoms with Gasteiger partial charge in [-0.3, -0.25) is 19.2 Å². The maximum absolute atomic E-state index is 13.9. The molecule has 1 aromatic carbocycles. The molecule has 0 saturated heterocycles. The van der Waals surface area contributed by atoms with Gasteiger partial charge in [0.25, 0.3) is 6.43 Å². The third-order valence-electron chi connectivity index (χ3n) is 5.75. The monoisotopic (exact) mass is 567 g/mol. The highest BCUT2D eigenvalue weighted by Gasteiger charge is 2.19. The van der Waals surface area contributed by atoms with E-state index in [4.69, 9.17) is 11.6 Å². The normalized spacial score (nSPS) is 11.2. The van der Waals surface area contributed by atoms with Crippen LogP contribution in [0.2, 0.25) is 5.02 Å². The van der Waals surface area contributed by atoms with E-state index in [-0.39, 0.29) is 40.1 Å². The first-order chi connectivity index (χ1) is 19.1. The van der Waals surface area contributed by atoms with Crippen molar-refractivity contribution in [1.29, 1.82) is 5.26 Å². The van der Waals surface area contributed by atoms with Crippen LogP contribution in [0.5, 0.6) is 0 Å². The summed E-state index contributed by atoms with van der Waals surface area (Å²) in [7, 11) is 0. The molecule has 0 aliphatic carbocycles. The van der Waals surface area contributed by atoms with E-state index in [1.807, 2.05) is 0 Å². The maximum atomic E-state index is 13.9. The molecule has 0 radical (unpaired) electrons. The van der Waals surface area contributed by atoms with Crippen molar-refractivity contribution in [3.05, 3.63) is 97.7 Å². The van der Waals surface area contributed by atoms with Gasteiger partial charge in [0.2, 0.25) is 5.95 Å². The quantitative estimate of drug-likeness (QED) is 0.315. The summed E-state index contributed by atoms with van der Waals surface area (Å²) < 4.78 is 42.5. The van der Waals surface area contributed by atoms with Crippen molar-refractivity contribution < 1.29 is 13.2 Å². The van der Waals surface area contributed by atoms with Crippen molar-refractivity contribution in [2.24, 2.45) is 0 Å². The van der Waals surface area contributed by atoms with E-state index in [1.54, 1.807) is 25.3 Å². The van der Waals surface area contributed by atoms with E-state index in [0.717, 1.165) is 20.0 Å². The summed E-state index contributed by atoms with van der Waals surface area (Å²) in [4.78, 5) is 38.8. The zero-order valence-electron chi connectivity index (χ0n) is 20.5. The van der Waals surface area contributed by atoms with E-state index in [9.17, 15) is 28.0 Å². The Kier molecular flexibility index (Phi) is 7.05. The number of nitrogens with one attached hydrogen (secondary N) is 1. The molecule has 40 heavy (non-hydrogen) atoms. The summed E-state index contributed by atoms with van der Waals surface area (Å²) in [6.07, 6.45) is 2.50. The van der Waals surface area contributed by atoms with Crippen LogP contribution in [0.25, 0.3) is 16.6 Å². The van der Waals surface area contributed by atoms with Gasteiger partial charge in [-0.2, -0.15) is 15.3 Å². The minimum atomic E-state index is -2.61. The number of alkyl halides is 2. The second-order valence-corrected chi connectivity index (χ2v) is 9.08. The first kappa shape index (κ1) is 26.6. The lowest BCUT2D eigenvalue weighted by molar-refractivity contribution is 0.122. The molecular weight excluding hydrogens is 551 g/mol. The number of aryl methyl sites for hydroxylation is 1. The summed E-state index contributed by atoms with van der Waals surface area (Å²) in [5.74, 6) is -1.07. The molecule has 15 heteroatoms. The van der Waals surface area contributed by atoms with Gasteiger partial charge in [0.05, 0.1) is 52.1 Å². The molecule has 4 heterocycles. The zero-order chi connectivity index (χ0) is 28.6. The molecule has 11 nitrogen and oxygen atoms in total.